The largest absolute Gasteiger partial charge is 0.497 e. The predicted molar refractivity (Wildman–Crippen MR) is 108 cm³/mol. The van der Waals surface area contributed by atoms with Gasteiger partial charge in [0, 0.05) is 22.8 Å². The molecule has 0 saturated carbocycles. The number of carbonyl (C=O) groups is 1. The number of ether oxygens (including phenoxy) is 2. The molecular formula is C19H18N2O5S2. The Kier molecular flexibility index (Phi) is 5.66. The lowest BCUT2D eigenvalue weighted by molar-refractivity contribution is 0.102. The maximum Gasteiger partial charge on any atom is 0.257 e. The molecule has 1 heterocycles. The molecule has 9 heteroatoms. The van der Waals surface area contributed by atoms with Crippen LogP contribution in [0.5, 0.6) is 11.5 Å². The predicted octanol–water partition coefficient (Wildman–Crippen LogP) is 3.48. The minimum atomic E-state index is -3.40. The Morgan fingerprint density at radius 3 is 2.57 bits per heavy atom. The molecule has 1 amide bonds. The number of benzene rings is 2. The lowest BCUT2D eigenvalue weighted by Gasteiger charge is -2.08. The highest BCUT2D eigenvalue weighted by Gasteiger charge is 2.15. The van der Waals surface area contributed by atoms with E-state index in [4.69, 9.17) is 9.47 Å². The fourth-order valence-electron chi connectivity index (χ4n) is 2.51. The lowest BCUT2D eigenvalue weighted by Crippen LogP contribution is -2.12. The highest BCUT2D eigenvalue weighted by Crippen LogP contribution is 2.35. The first kappa shape index (κ1) is 19.8. The molecule has 0 aliphatic carbocycles. The van der Waals surface area contributed by atoms with Gasteiger partial charge < -0.3 is 9.47 Å². The van der Waals surface area contributed by atoms with E-state index in [2.05, 4.69) is 10.3 Å². The van der Waals surface area contributed by atoms with Crippen LogP contribution in [0.25, 0.3) is 11.3 Å². The molecule has 1 aromatic heterocycles. The van der Waals surface area contributed by atoms with Crippen molar-refractivity contribution < 1.29 is 22.7 Å². The number of thiazole rings is 1. The zero-order chi connectivity index (χ0) is 20.3. The molecule has 0 radical (unpaired) electrons. The molecule has 1 N–H and O–H groups in total. The third kappa shape index (κ3) is 4.32. The second kappa shape index (κ2) is 7.99. The molecule has 146 valence electrons. The number of nitrogens with one attached hydrogen (secondary N) is 1. The lowest BCUT2D eigenvalue weighted by atomic mass is 10.1. The van der Waals surface area contributed by atoms with Gasteiger partial charge in [0.1, 0.15) is 11.5 Å². The average molecular weight is 418 g/mol. The van der Waals surface area contributed by atoms with Crippen molar-refractivity contribution in [3.8, 4) is 22.8 Å². The van der Waals surface area contributed by atoms with Crippen LogP contribution in [0.4, 0.5) is 5.13 Å². The first-order valence-corrected chi connectivity index (χ1v) is 10.9. The Labute approximate surface area is 166 Å². The molecule has 0 aliphatic rings. The zero-order valence-corrected chi connectivity index (χ0v) is 17.1. The van der Waals surface area contributed by atoms with E-state index in [-0.39, 0.29) is 10.5 Å². The summed E-state index contributed by atoms with van der Waals surface area (Å²) in [5.41, 5.74) is 1.59. The van der Waals surface area contributed by atoms with Gasteiger partial charge in [0.05, 0.1) is 24.8 Å². The number of hydrogen-bond donors (Lipinski definition) is 1. The van der Waals surface area contributed by atoms with Gasteiger partial charge in [-0.25, -0.2) is 13.4 Å². The smallest absolute Gasteiger partial charge is 0.257 e. The third-order valence-corrected chi connectivity index (χ3v) is 5.80. The Bertz CT molecular complexity index is 1120. The van der Waals surface area contributed by atoms with Crippen molar-refractivity contribution in [3.05, 3.63) is 53.4 Å². The number of anilines is 1. The van der Waals surface area contributed by atoms with E-state index in [0.29, 0.717) is 22.3 Å². The standard InChI is InChI=1S/C19H18N2O5S2/c1-25-13-7-8-17(26-2)15(10-13)16-11-27-19(20-16)21-18(22)12-5-4-6-14(9-12)28(3,23)24/h4-11H,1-3H3,(H,20,21,22). The van der Waals surface area contributed by atoms with E-state index in [1.54, 1.807) is 43.9 Å². The van der Waals surface area contributed by atoms with Crippen molar-refractivity contribution >= 4 is 32.2 Å². The molecule has 3 aromatic rings. The van der Waals surface area contributed by atoms with Crippen LogP contribution < -0.4 is 14.8 Å². The molecule has 0 unspecified atom stereocenters. The van der Waals surface area contributed by atoms with Crippen molar-refractivity contribution in [2.45, 2.75) is 4.90 Å². The second-order valence-electron chi connectivity index (χ2n) is 5.86. The number of nitrogens with zero attached hydrogens (tertiary/aromatic N) is 1. The summed E-state index contributed by atoms with van der Waals surface area (Å²) in [6.45, 7) is 0. The number of aromatic nitrogens is 1. The van der Waals surface area contributed by atoms with Gasteiger partial charge in [-0.1, -0.05) is 6.07 Å². The molecule has 0 saturated heterocycles. The maximum absolute atomic E-state index is 12.5. The van der Waals surface area contributed by atoms with Crippen LogP contribution >= 0.6 is 11.3 Å². The van der Waals surface area contributed by atoms with Crippen LogP contribution in [0, 0.1) is 0 Å². The Morgan fingerprint density at radius 2 is 1.89 bits per heavy atom. The van der Waals surface area contributed by atoms with Gasteiger partial charge in [-0.15, -0.1) is 11.3 Å². The van der Waals surface area contributed by atoms with E-state index in [1.165, 1.54) is 29.5 Å². The number of hydrogen-bond acceptors (Lipinski definition) is 7. The van der Waals surface area contributed by atoms with Gasteiger partial charge in [-0.3, -0.25) is 10.1 Å². The molecule has 0 fully saturated rings. The molecule has 0 spiro atoms. The number of amides is 1. The van der Waals surface area contributed by atoms with E-state index in [9.17, 15) is 13.2 Å². The average Bonchev–Trinajstić information content (AvgIpc) is 3.15. The van der Waals surface area contributed by atoms with E-state index in [1.807, 2.05) is 0 Å². The fraction of sp³-hybridized carbons (Fsp3) is 0.158. The summed E-state index contributed by atoms with van der Waals surface area (Å²) in [4.78, 5) is 17.0. The normalized spacial score (nSPS) is 11.1. The Morgan fingerprint density at radius 1 is 1.11 bits per heavy atom. The molecule has 3 rings (SSSR count). The Balaban J connectivity index is 1.85. The van der Waals surface area contributed by atoms with E-state index < -0.39 is 15.7 Å². The second-order valence-corrected chi connectivity index (χ2v) is 8.73. The molecule has 0 aliphatic heterocycles. The van der Waals surface area contributed by atoms with Crippen LogP contribution in [0.1, 0.15) is 10.4 Å². The van der Waals surface area contributed by atoms with E-state index >= 15 is 0 Å². The fourth-order valence-corrected chi connectivity index (χ4v) is 3.88. The topological polar surface area (TPSA) is 94.6 Å². The Hall–Kier alpha value is -2.91. The molecule has 2 aromatic carbocycles. The number of carbonyl (C=O) groups excluding carboxylic acids is 1. The molecule has 28 heavy (non-hydrogen) atoms. The quantitative estimate of drug-likeness (QED) is 0.659. The number of sulfone groups is 1. The number of rotatable bonds is 6. The first-order chi connectivity index (χ1) is 13.3. The van der Waals surface area contributed by atoms with Gasteiger partial charge in [0.15, 0.2) is 15.0 Å². The molecule has 0 bridgehead atoms. The van der Waals surface area contributed by atoms with Gasteiger partial charge >= 0.3 is 0 Å². The van der Waals surface area contributed by atoms with Crippen molar-refractivity contribution in [2.24, 2.45) is 0 Å². The monoisotopic (exact) mass is 418 g/mol. The van der Waals surface area contributed by atoms with Crippen molar-refractivity contribution in [1.29, 1.82) is 0 Å². The minimum absolute atomic E-state index is 0.0843. The molecular weight excluding hydrogens is 400 g/mol. The van der Waals surface area contributed by atoms with Crippen molar-refractivity contribution in [1.82, 2.24) is 4.98 Å². The van der Waals surface area contributed by atoms with Crippen LogP contribution in [-0.4, -0.2) is 39.8 Å². The summed E-state index contributed by atoms with van der Waals surface area (Å²) in [5, 5.41) is 4.87. The van der Waals surface area contributed by atoms with Crippen LogP contribution in [0.2, 0.25) is 0 Å². The summed E-state index contributed by atoms with van der Waals surface area (Å²) in [5.74, 6) is 0.848. The highest BCUT2D eigenvalue weighted by molar-refractivity contribution is 7.90. The number of methoxy groups -OCH3 is 2. The van der Waals surface area contributed by atoms with Crippen LogP contribution in [0.15, 0.2) is 52.7 Å². The molecule has 7 nitrogen and oxygen atoms in total. The zero-order valence-electron chi connectivity index (χ0n) is 15.4. The summed E-state index contributed by atoms with van der Waals surface area (Å²) in [7, 11) is -0.260. The van der Waals surface area contributed by atoms with Crippen molar-refractivity contribution in [3.63, 3.8) is 0 Å². The van der Waals surface area contributed by atoms with Crippen LogP contribution in [0.3, 0.4) is 0 Å². The first-order valence-electron chi connectivity index (χ1n) is 8.11. The third-order valence-electron chi connectivity index (χ3n) is 3.93. The van der Waals surface area contributed by atoms with E-state index in [0.717, 1.165) is 11.8 Å². The van der Waals surface area contributed by atoms with Gasteiger partial charge in [0.2, 0.25) is 0 Å². The summed E-state index contributed by atoms with van der Waals surface area (Å²) >= 11 is 1.25. The SMILES string of the molecule is COc1ccc(OC)c(-c2csc(NC(=O)c3cccc(S(C)(=O)=O)c3)n2)c1. The summed E-state index contributed by atoms with van der Waals surface area (Å²) < 4.78 is 34.0. The highest BCUT2D eigenvalue weighted by atomic mass is 32.2. The molecule has 0 atom stereocenters. The van der Waals surface area contributed by atoms with Gasteiger partial charge in [-0.05, 0) is 36.4 Å². The van der Waals surface area contributed by atoms with Gasteiger partial charge in [-0.2, -0.15) is 0 Å². The van der Waals surface area contributed by atoms with Crippen molar-refractivity contribution in [2.75, 3.05) is 25.8 Å². The minimum Gasteiger partial charge on any atom is -0.497 e. The summed E-state index contributed by atoms with van der Waals surface area (Å²) in [6, 6.07) is 11.2. The van der Waals surface area contributed by atoms with Crippen LogP contribution in [-0.2, 0) is 9.84 Å². The van der Waals surface area contributed by atoms with Gasteiger partial charge in [0.25, 0.3) is 5.91 Å². The summed E-state index contributed by atoms with van der Waals surface area (Å²) in [6.07, 6.45) is 1.10. The maximum atomic E-state index is 12.5.